The van der Waals surface area contributed by atoms with Crippen LogP contribution in [0.4, 0.5) is 4.79 Å². The van der Waals surface area contributed by atoms with Crippen LogP contribution in [0.3, 0.4) is 0 Å². The fourth-order valence-corrected chi connectivity index (χ4v) is 3.63. The van der Waals surface area contributed by atoms with Gasteiger partial charge in [0.05, 0.1) is 0 Å². The van der Waals surface area contributed by atoms with Crippen LogP contribution >= 0.6 is 11.8 Å². The van der Waals surface area contributed by atoms with Crippen LogP contribution in [0.1, 0.15) is 25.3 Å². The minimum atomic E-state index is -1.14. The number of carbonyl (C=O) groups is 4. The molecule has 1 fully saturated rings. The molecule has 1 saturated heterocycles. The Morgan fingerprint density at radius 2 is 1.93 bits per heavy atom. The van der Waals surface area contributed by atoms with E-state index in [9.17, 15) is 19.2 Å². The standard InChI is InChI=1S/C20H27N3O6S/c1-13(17(24)22-15(12-30-2)19(26)27)21-18(25)16-9-6-10-23(16)20(28)29-11-14-7-4-3-5-8-14/h3-5,7-8,13,15-16H,6,9-12H2,1-2H3,(H,21,25)(H,22,24)(H,26,27)/t13-,15-,16-/m0/s1. The van der Waals surface area contributed by atoms with Gasteiger partial charge in [0.1, 0.15) is 24.7 Å². The zero-order valence-electron chi connectivity index (χ0n) is 17.0. The molecule has 9 nitrogen and oxygen atoms in total. The number of nitrogens with zero attached hydrogens (tertiary/aromatic N) is 1. The van der Waals surface area contributed by atoms with Crippen molar-refractivity contribution in [2.24, 2.45) is 0 Å². The van der Waals surface area contributed by atoms with Gasteiger partial charge in [-0.1, -0.05) is 30.3 Å². The first-order valence-corrected chi connectivity index (χ1v) is 11.0. The average Bonchev–Trinajstić information content (AvgIpc) is 3.22. The third kappa shape index (κ3) is 6.65. The van der Waals surface area contributed by atoms with Crippen LogP contribution in [-0.2, 0) is 25.7 Å². The maximum absolute atomic E-state index is 12.6. The molecule has 0 aliphatic carbocycles. The van der Waals surface area contributed by atoms with Gasteiger partial charge < -0.3 is 20.5 Å². The molecule has 0 unspecified atom stereocenters. The Hall–Kier alpha value is -2.75. The van der Waals surface area contributed by atoms with Gasteiger partial charge in [-0.05, 0) is 31.6 Å². The Balaban J connectivity index is 1.88. The van der Waals surface area contributed by atoms with Gasteiger partial charge in [-0.2, -0.15) is 11.8 Å². The van der Waals surface area contributed by atoms with E-state index in [1.807, 2.05) is 30.3 Å². The highest BCUT2D eigenvalue weighted by Crippen LogP contribution is 2.19. The fraction of sp³-hybridized carbons (Fsp3) is 0.500. The number of ether oxygens (including phenoxy) is 1. The van der Waals surface area contributed by atoms with E-state index in [2.05, 4.69) is 10.6 Å². The second-order valence-electron chi connectivity index (χ2n) is 6.98. The molecule has 0 bridgehead atoms. The van der Waals surface area contributed by atoms with Gasteiger partial charge in [-0.3, -0.25) is 14.5 Å². The molecular formula is C20H27N3O6S. The summed E-state index contributed by atoms with van der Waals surface area (Å²) in [6, 6.07) is 6.51. The first kappa shape index (κ1) is 23.5. The van der Waals surface area contributed by atoms with E-state index in [1.165, 1.54) is 23.6 Å². The Bertz CT molecular complexity index is 760. The number of carbonyl (C=O) groups excluding carboxylic acids is 3. The quantitative estimate of drug-likeness (QED) is 0.530. The number of hydrogen-bond acceptors (Lipinski definition) is 6. The van der Waals surface area contributed by atoms with E-state index in [4.69, 9.17) is 9.84 Å². The van der Waals surface area contributed by atoms with Crippen LogP contribution < -0.4 is 10.6 Å². The number of benzene rings is 1. The zero-order chi connectivity index (χ0) is 22.1. The van der Waals surface area contributed by atoms with Crippen molar-refractivity contribution in [1.82, 2.24) is 15.5 Å². The molecule has 2 rings (SSSR count). The SMILES string of the molecule is CSC[C@H](NC(=O)[C@H](C)NC(=O)[C@@H]1CCCN1C(=O)OCc1ccccc1)C(=O)O. The topological polar surface area (TPSA) is 125 Å². The summed E-state index contributed by atoms with van der Waals surface area (Å²) in [7, 11) is 0. The van der Waals surface area contributed by atoms with Crippen LogP contribution in [0, 0.1) is 0 Å². The molecule has 1 heterocycles. The second-order valence-corrected chi connectivity index (χ2v) is 7.89. The number of rotatable bonds is 9. The third-order valence-corrected chi connectivity index (χ3v) is 5.36. The average molecular weight is 438 g/mol. The van der Waals surface area contributed by atoms with E-state index in [0.717, 1.165) is 5.56 Å². The number of thioether (sulfide) groups is 1. The van der Waals surface area contributed by atoms with Gasteiger partial charge in [0.15, 0.2) is 0 Å². The number of nitrogens with one attached hydrogen (secondary N) is 2. The number of carboxylic acids is 1. The van der Waals surface area contributed by atoms with Gasteiger partial charge in [-0.25, -0.2) is 9.59 Å². The molecule has 0 radical (unpaired) electrons. The van der Waals surface area contributed by atoms with Crippen molar-refractivity contribution in [2.45, 2.75) is 44.5 Å². The largest absolute Gasteiger partial charge is 0.480 e. The van der Waals surface area contributed by atoms with E-state index in [0.29, 0.717) is 19.4 Å². The molecule has 3 N–H and O–H groups in total. The van der Waals surface area contributed by atoms with Crippen molar-refractivity contribution >= 4 is 35.6 Å². The molecule has 1 aromatic rings. The van der Waals surface area contributed by atoms with Crippen molar-refractivity contribution in [2.75, 3.05) is 18.6 Å². The van der Waals surface area contributed by atoms with Crippen LogP contribution in [-0.4, -0.2) is 70.6 Å². The molecule has 0 aromatic heterocycles. The number of carboxylic acid groups (broad SMARTS) is 1. The van der Waals surface area contributed by atoms with Gasteiger partial charge in [0, 0.05) is 12.3 Å². The van der Waals surface area contributed by atoms with Crippen molar-refractivity contribution in [3.63, 3.8) is 0 Å². The van der Waals surface area contributed by atoms with Crippen molar-refractivity contribution in [3.05, 3.63) is 35.9 Å². The van der Waals surface area contributed by atoms with Gasteiger partial charge in [0.2, 0.25) is 11.8 Å². The third-order valence-electron chi connectivity index (χ3n) is 4.70. The second kappa shape index (κ2) is 11.4. The normalized spacial score (nSPS) is 17.7. The molecular weight excluding hydrogens is 410 g/mol. The molecule has 3 atom stereocenters. The van der Waals surface area contributed by atoms with Crippen molar-refractivity contribution in [1.29, 1.82) is 0 Å². The lowest BCUT2D eigenvalue weighted by atomic mass is 10.2. The first-order chi connectivity index (χ1) is 14.3. The van der Waals surface area contributed by atoms with Gasteiger partial charge >= 0.3 is 12.1 Å². The Labute approximate surface area is 179 Å². The summed E-state index contributed by atoms with van der Waals surface area (Å²) >= 11 is 1.29. The van der Waals surface area contributed by atoms with E-state index in [-0.39, 0.29) is 12.4 Å². The maximum Gasteiger partial charge on any atom is 0.410 e. The highest BCUT2D eigenvalue weighted by molar-refractivity contribution is 7.98. The molecule has 30 heavy (non-hydrogen) atoms. The summed E-state index contributed by atoms with van der Waals surface area (Å²) < 4.78 is 5.31. The van der Waals surface area contributed by atoms with Crippen LogP contribution in [0.2, 0.25) is 0 Å². The van der Waals surface area contributed by atoms with E-state index >= 15 is 0 Å². The predicted molar refractivity (Wildman–Crippen MR) is 112 cm³/mol. The smallest absolute Gasteiger partial charge is 0.410 e. The Morgan fingerprint density at radius 1 is 1.23 bits per heavy atom. The summed E-state index contributed by atoms with van der Waals surface area (Å²) in [6.45, 7) is 1.97. The van der Waals surface area contributed by atoms with E-state index < -0.39 is 42.0 Å². The van der Waals surface area contributed by atoms with Crippen LogP contribution in [0.5, 0.6) is 0 Å². The molecule has 10 heteroatoms. The molecule has 1 aromatic carbocycles. The monoisotopic (exact) mass is 437 g/mol. The fourth-order valence-electron chi connectivity index (χ4n) is 3.07. The Kier molecular flexibility index (Phi) is 8.97. The van der Waals surface area contributed by atoms with Crippen molar-refractivity contribution in [3.8, 4) is 0 Å². The van der Waals surface area contributed by atoms with Gasteiger partial charge in [-0.15, -0.1) is 0 Å². The number of aliphatic carboxylic acids is 1. The molecule has 0 spiro atoms. The van der Waals surface area contributed by atoms with Crippen LogP contribution in [0.15, 0.2) is 30.3 Å². The number of likely N-dealkylation sites (tertiary alicyclic amines) is 1. The molecule has 1 aliphatic heterocycles. The molecule has 164 valence electrons. The molecule has 1 aliphatic rings. The molecule has 3 amide bonds. The lowest BCUT2D eigenvalue weighted by Gasteiger charge is -2.25. The summed E-state index contributed by atoms with van der Waals surface area (Å²) in [5, 5.41) is 14.1. The van der Waals surface area contributed by atoms with Crippen molar-refractivity contribution < 1.29 is 29.0 Å². The summed E-state index contributed by atoms with van der Waals surface area (Å²) in [6.07, 6.45) is 2.26. The highest BCUT2D eigenvalue weighted by atomic mass is 32.2. The number of amides is 3. The van der Waals surface area contributed by atoms with Gasteiger partial charge in [0.25, 0.3) is 0 Å². The minimum Gasteiger partial charge on any atom is -0.480 e. The maximum atomic E-state index is 12.6. The lowest BCUT2D eigenvalue weighted by molar-refractivity contribution is -0.141. The predicted octanol–water partition coefficient (Wildman–Crippen LogP) is 1.22. The lowest BCUT2D eigenvalue weighted by Crippen LogP contribution is -2.54. The zero-order valence-corrected chi connectivity index (χ0v) is 17.8. The molecule has 0 saturated carbocycles. The Morgan fingerprint density at radius 3 is 2.57 bits per heavy atom. The van der Waals surface area contributed by atoms with E-state index in [1.54, 1.807) is 6.26 Å². The number of hydrogen-bond donors (Lipinski definition) is 3. The summed E-state index contributed by atoms with van der Waals surface area (Å²) in [4.78, 5) is 49.9. The summed E-state index contributed by atoms with van der Waals surface area (Å²) in [5.74, 6) is -1.99. The highest BCUT2D eigenvalue weighted by Gasteiger charge is 2.36. The van der Waals surface area contributed by atoms with Crippen LogP contribution in [0.25, 0.3) is 0 Å². The summed E-state index contributed by atoms with van der Waals surface area (Å²) in [5.41, 5.74) is 0.842. The first-order valence-electron chi connectivity index (χ1n) is 9.63. The minimum absolute atomic E-state index is 0.106.